The summed E-state index contributed by atoms with van der Waals surface area (Å²) in [7, 11) is 0. The first-order valence-electron chi connectivity index (χ1n) is 6.01. The molecule has 1 aliphatic heterocycles. The first-order chi connectivity index (χ1) is 7.58. The normalized spacial score (nSPS) is 25.3. The third-order valence-corrected chi connectivity index (χ3v) is 2.96. The Hall–Kier alpha value is -1.03. The molecule has 2 unspecified atom stereocenters. The number of ether oxygens (including phenoxy) is 1. The highest BCUT2D eigenvalue weighted by Crippen LogP contribution is 2.29. The molecule has 16 heavy (non-hydrogen) atoms. The molecule has 1 fully saturated rings. The average molecular weight is 223 g/mol. The molecular weight excluding hydrogens is 202 g/mol. The fourth-order valence-corrected chi connectivity index (χ4v) is 2.22. The lowest BCUT2D eigenvalue weighted by Gasteiger charge is -2.20. The SMILES string of the molecule is Cc1cn(C2CCOC2C)c(NC(C)C)n1. The predicted molar refractivity (Wildman–Crippen MR) is 64.8 cm³/mol. The quantitative estimate of drug-likeness (QED) is 0.855. The van der Waals surface area contributed by atoms with Crippen molar-refractivity contribution >= 4 is 5.95 Å². The van der Waals surface area contributed by atoms with Gasteiger partial charge in [0, 0.05) is 18.8 Å². The van der Waals surface area contributed by atoms with E-state index in [2.05, 4.69) is 41.8 Å². The molecule has 1 N–H and O–H groups in total. The number of aromatic nitrogens is 2. The molecule has 4 nitrogen and oxygen atoms in total. The molecule has 1 aromatic heterocycles. The smallest absolute Gasteiger partial charge is 0.203 e. The van der Waals surface area contributed by atoms with Crippen LogP contribution in [-0.4, -0.2) is 28.3 Å². The van der Waals surface area contributed by atoms with Crippen molar-refractivity contribution in [3.05, 3.63) is 11.9 Å². The van der Waals surface area contributed by atoms with Crippen LogP contribution in [0.15, 0.2) is 6.20 Å². The van der Waals surface area contributed by atoms with Crippen molar-refractivity contribution in [2.75, 3.05) is 11.9 Å². The van der Waals surface area contributed by atoms with Gasteiger partial charge in [-0.15, -0.1) is 0 Å². The molecule has 0 saturated carbocycles. The topological polar surface area (TPSA) is 39.1 Å². The average Bonchev–Trinajstić information content (AvgIpc) is 2.71. The standard InChI is InChI=1S/C12H21N3O/c1-8(2)13-12-14-9(3)7-15(12)11-5-6-16-10(11)4/h7-8,10-11H,5-6H2,1-4H3,(H,13,14). The summed E-state index contributed by atoms with van der Waals surface area (Å²) >= 11 is 0. The molecule has 4 heteroatoms. The molecular formula is C12H21N3O. The van der Waals surface area contributed by atoms with Crippen LogP contribution in [0.25, 0.3) is 0 Å². The van der Waals surface area contributed by atoms with Gasteiger partial charge in [-0.05, 0) is 34.1 Å². The Morgan fingerprint density at radius 2 is 2.31 bits per heavy atom. The van der Waals surface area contributed by atoms with Gasteiger partial charge in [-0.2, -0.15) is 0 Å². The first kappa shape index (κ1) is 11.5. The first-order valence-corrected chi connectivity index (χ1v) is 6.01. The Balaban J connectivity index is 2.24. The van der Waals surface area contributed by atoms with Gasteiger partial charge >= 0.3 is 0 Å². The van der Waals surface area contributed by atoms with E-state index in [1.165, 1.54) is 0 Å². The number of rotatable bonds is 3. The van der Waals surface area contributed by atoms with Gasteiger partial charge in [0.05, 0.1) is 17.8 Å². The van der Waals surface area contributed by atoms with Crippen LogP contribution in [0.4, 0.5) is 5.95 Å². The number of aryl methyl sites for hydroxylation is 1. The van der Waals surface area contributed by atoms with Crippen LogP contribution in [0, 0.1) is 6.92 Å². The number of hydrogen-bond donors (Lipinski definition) is 1. The van der Waals surface area contributed by atoms with Gasteiger partial charge in [0.25, 0.3) is 0 Å². The minimum Gasteiger partial charge on any atom is -0.376 e. The molecule has 1 saturated heterocycles. The van der Waals surface area contributed by atoms with E-state index in [9.17, 15) is 0 Å². The summed E-state index contributed by atoms with van der Waals surface area (Å²) in [5, 5.41) is 3.39. The fourth-order valence-electron chi connectivity index (χ4n) is 2.22. The number of imidazole rings is 1. The van der Waals surface area contributed by atoms with E-state index in [1.54, 1.807) is 0 Å². The van der Waals surface area contributed by atoms with Crippen molar-refractivity contribution in [2.45, 2.75) is 52.3 Å². The minimum atomic E-state index is 0.279. The van der Waals surface area contributed by atoms with Gasteiger partial charge < -0.3 is 14.6 Å². The van der Waals surface area contributed by atoms with E-state index in [-0.39, 0.29) is 6.10 Å². The monoisotopic (exact) mass is 223 g/mol. The maximum atomic E-state index is 5.61. The molecule has 0 spiro atoms. The summed E-state index contributed by atoms with van der Waals surface area (Å²) in [5.41, 5.74) is 1.06. The molecule has 2 rings (SSSR count). The third kappa shape index (κ3) is 2.21. The highest BCUT2D eigenvalue weighted by molar-refractivity contribution is 5.31. The number of nitrogens with zero attached hydrogens (tertiary/aromatic N) is 2. The Morgan fingerprint density at radius 3 is 2.88 bits per heavy atom. The molecule has 1 aromatic rings. The Morgan fingerprint density at radius 1 is 1.56 bits per heavy atom. The van der Waals surface area contributed by atoms with E-state index in [1.807, 2.05) is 6.92 Å². The zero-order chi connectivity index (χ0) is 11.7. The molecule has 1 aliphatic rings. The summed E-state index contributed by atoms with van der Waals surface area (Å²) < 4.78 is 7.84. The van der Waals surface area contributed by atoms with Crippen molar-refractivity contribution in [1.29, 1.82) is 0 Å². The van der Waals surface area contributed by atoms with Crippen LogP contribution in [0.2, 0.25) is 0 Å². The maximum Gasteiger partial charge on any atom is 0.203 e. The van der Waals surface area contributed by atoms with E-state index in [0.29, 0.717) is 12.1 Å². The maximum absolute atomic E-state index is 5.61. The second kappa shape index (κ2) is 4.45. The minimum absolute atomic E-state index is 0.279. The molecule has 0 radical (unpaired) electrons. The zero-order valence-electron chi connectivity index (χ0n) is 10.5. The Bertz CT molecular complexity index is 359. The summed E-state index contributed by atoms with van der Waals surface area (Å²) in [6.07, 6.45) is 3.46. The van der Waals surface area contributed by atoms with E-state index in [4.69, 9.17) is 4.74 Å². The van der Waals surface area contributed by atoms with Gasteiger partial charge in [-0.25, -0.2) is 4.98 Å². The largest absolute Gasteiger partial charge is 0.376 e. The third-order valence-electron chi connectivity index (χ3n) is 2.96. The Labute approximate surface area is 97.0 Å². The molecule has 90 valence electrons. The van der Waals surface area contributed by atoms with Crippen LogP contribution >= 0.6 is 0 Å². The number of anilines is 1. The van der Waals surface area contributed by atoms with Crippen LogP contribution < -0.4 is 5.32 Å². The van der Waals surface area contributed by atoms with Crippen LogP contribution in [-0.2, 0) is 4.74 Å². The van der Waals surface area contributed by atoms with Crippen LogP contribution in [0.5, 0.6) is 0 Å². The molecule has 0 aliphatic carbocycles. The molecule has 2 atom stereocenters. The molecule has 2 heterocycles. The van der Waals surface area contributed by atoms with Crippen LogP contribution in [0.1, 0.15) is 38.9 Å². The van der Waals surface area contributed by atoms with Crippen LogP contribution in [0.3, 0.4) is 0 Å². The van der Waals surface area contributed by atoms with Crippen molar-refractivity contribution < 1.29 is 4.74 Å². The molecule has 0 bridgehead atoms. The van der Waals surface area contributed by atoms with Gasteiger partial charge in [0.2, 0.25) is 5.95 Å². The zero-order valence-corrected chi connectivity index (χ0v) is 10.5. The summed E-state index contributed by atoms with van der Waals surface area (Å²) in [6, 6.07) is 0.820. The van der Waals surface area contributed by atoms with E-state index in [0.717, 1.165) is 24.7 Å². The van der Waals surface area contributed by atoms with Gasteiger partial charge in [0.15, 0.2) is 0 Å². The molecule has 0 aromatic carbocycles. The lowest BCUT2D eigenvalue weighted by molar-refractivity contribution is 0.108. The second-order valence-corrected chi connectivity index (χ2v) is 4.84. The van der Waals surface area contributed by atoms with Gasteiger partial charge in [-0.1, -0.05) is 0 Å². The van der Waals surface area contributed by atoms with E-state index < -0.39 is 0 Å². The summed E-state index contributed by atoms with van der Waals surface area (Å²) in [4.78, 5) is 4.53. The Kier molecular flexibility index (Phi) is 3.19. The van der Waals surface area contributed by atoms with Gasteiger partial charge in [0.1, 0.15) is 0 Å². The van der Waals surface area contributed by atoms with Crippen molar-refractivity contribution in [3.63, 3.8) is 0 Å². The van der Waals surface area contributed by atoms with Crippen molar-refractivity contribution in [2.24, 2.45) is 0 Å². The van der Waals surface area contributed by atoms with Crippen molar-refractivity contribution in [1.82, 2.24) is 9.55 Å². The fraction of sp³-hybridized carbons (Fsp3) is 0.750. The van der Waals surface area contributed by atoms with Crippen molar-refractivity contribution in [3.8, 4) is 0 Å². The second-order valence-electron chi connectivity index (χ2n) is 4.84. The number of nitrogens with one attached hydrogen (secondary N) is 1. The molecule has 0 amide bonds. The lowest BCUT2D eigenvalue weighted by Crippen LogP contribution is -2.21. The summed E-state index contributed by atoms with van der Waals surface area (Å²) in [6.45, 7) is 9.27. The lowest BCUT2D eigenvalue weighted by atomic mass is 10.1. The highest BCUT2D eigenvalue weighted by Gasteiger charge is 2.27. The predicted octanol–water partition coefficient (Wildman–Crippen LogP) is 2.36. The number of hydrogen-bond acceptors (Lipinski definition) is 3. The van der Waals surface area contributed by atoms with Gasteiger partial charge in [-0.3, -0.25) is 0 Å². The summed E-state index contributed by atoms with van der Waals surface area (Å²) in [5.74, 6) is 0.967. The van der Waals surface area contributed by atoms with E-state index >= 15 is 0 Å². The highest BCUT2D eigenvalue weighted by atomic mass is 16.5.